The van der Waals surface area contributed by atoms with Gasteiger partial charge in [0.25, 0.3) is 0 Å². The third-order valence-corrected chi connectivity index (χ3v) is 6.23. The first kappa shape index (κ1) is 34.3. The Morgan fingerprint density at radius 2 is 1.47 bits per heavy atom. The Bertz CT molecular complexity index is 933. The molecule has 1 rings (SSSR count). The number of carbonyl (C=O) groups excluding carboxylic acids is 1. The summed E-state index contributed by atoms with van der Waals surface area (Å²) in [6, 6.07) is 5.00. The number of aliphatic hydroxyl groups is 1. The molecule has 0 aromatic heterocycles. The molecule has 1 aromatic rings. The normalized spacial score (nSPS) is 14.2. The minimum Gasteiger partial charge on any atom is -0.467 e. The number of phosphoric ester groups is 1. The van der Waals surface area contributed by atoms with E-state index in [1.807, 2.05) is 20.8 Å². The van der Waals surface area contributed by atoms with Gasteiger partial charge in [0.05, 0.1) is 17.8 Å². The molecule has 2 N–H and O–H groups in total. The second kappa shape index (κ2) is 13.1. The third-order valence-electron chi connectivity index (χ3n) is 4.27. The summed E-state index contributed by atoms with van der Waals surface area (Å²) in [5.74, 6) is 0.300. The van der Waals surface area contributed by atoms with Crippen LogP contribution in [0.3, 0.4) is 0 Å². The van der Waals surface area contributed by atoms with Crippen LogP contribution < -0.4 is 10.1 Å². The minimum absolute atomic E-state index is 0.228. The minimum atomic E-state index is -3.97. The smallest absolute Gasteiger partial charge is 0.467 e. The lowest BCUT2D eigenvalue weighted by Gasteiger charge is -2.30. The molecule has 10 nitrogen and oxygen atoms in total. The molecule has 1 unspecified atom stereocenters. The molecule has 11 heteroatoms. The van der Waals surface area contributed by atoms with Crippen molar-refractivity contribution >= 4 is 14.0 Å². The monoisotopic (exact) mass is 561 g/mol. The summed E-state index contributed by atoms with van der Waals surface area (Å²) in [6.07, 6.45) is -1.49. The van der Waals surface area contributed by atoms with Gasteiger partial charge in [0, 0.05) is 17.6 Å². The number of ether oxygens (including phenoxy) is 3. The lowest BCUT2D eigenvalue weighted by atomic mass is 10.0. The van der Waals surface area contributed by atoms with Crippen LogP contribution >= 0.6 is 7.82 Å². The molecule has 0 radical (unpaired) electrons. The Hall–Kier alpha value is -1.68. The summed E-state index contributed by atoms with van der Waals surface area (Å²) in [7, 11) is -3.97. The number of rotatable bonds is 11. The first-order chi connectivity index (χ1) is 17.0. The largest absolute Gasteiger partial charge is 0.509 e. The Kier molecular flexibility index (Phi) is 11.9. The summed E-state index contributed by atoms with van der Waals surface area (Å²) in [6.45, 7) is 21.2. The summed E-state index contributed by atoms with van der Waals surface area (Å²) in [5.41, 5.74) is -1.47. The molecule has 220 valence electrons. The van der Waals surface area contributed by atoms with E-state index in [0.29, 0.717) is 23.4 Å². The highest BCUT2D eigenvalue weighted by Crippen LogP contribution is 2.55. The van der Waals surface area contributed by atoms with Gasteiger partial charge in [-0.3, -0.25) is 9.05 Å². The second-order valence-corrected chi connectivity index (χ2v) is 14.5. The van der Waals surface area contributed by atoms with Crippen LogP contribution in [0.2, 0.25) is 0 Å². The van der Waals surface area contributed by atoms with Crippen LogP contribution in [-0.2, 0) is 34.2 Å². The van der Waals surface area contributed by atoms with Gasteiger partial charge in [-0.25, -0.2) is 13.9 Å². The maximum Gasteiger partial charge on any atom is 0.509 e. The van der Waals surface area contributed by atoms with E-state index in [4.69, 9.17) is 27.8 Å². The molecular weight excluding hydrogens is 513 g/mol. The molecule has 0 saturated heterocycles. The standard InChI is InChI=1S/C27H48NO9P/c1-24(2,3)28-16-22(34-23(30)35-25(4,5)6)19-13-14-21(20(15-19)17-29)32-18-33-38(31,36-26(7,8)9)37-27(10,11)12/h13-15,22,28-29H,16-18H2,1-12H3. The third kappa shape index (κ3) is 14.5. The van der Waals surface area contributed by atoms with Crippen LogP contribution in [0.5, 0.6) is 5.75 Å². The maximum atomic E-state index is 13.2. The van der Waals surface area contributed by atoms with Crippen molar-refractivity contribution in [1.82, 2.24) is 5.32 Å². The second-order valence-electron chi connectivity index (χ2n) is 13.0. The molecule has 0 heterocycles. The molecule has 0 spiro atoms. The molecule has 0 aliphatic carbocycles. The van der Waals surface area contributed by atoms with Crippen molar-refractivity contribution in [3.8, 4) is 5.75 Å². The van der Waals surface area contributed by atoms with Gasteiger partial charge in [0.1, 0.15) is 17.5 Å². The first-order valence-electron chi connectivity index (χ1n) is 12.7. The fourth-order valence-electron chi connectivity index (χ4n) is 2.98. The first-order valence-corrected chi connectivity index (χ1v) is 14.1. The van der Waals surface area contributed by atoms with Crippen LogP contribution in [-0.4, -0.2) is 46.9 Å². The molecule has 38 heavy (non-hydrogen) atoms. The van der Waals surface area contributed by atoms with Gasteiger partial charge in [0.15, 0.2) is 6.79 Å². The maximum absolute atomic E-state index is 13.2. The van der Waals surface area contributed by atoms with Crippen molar-refractivity contribution in [1.29, 1.82) is 0 Å². The predicted octanol–water partition coefficient (Wildman–Crippen LogP) is 6.65. The van der Waals surface area contributed by atoms with Crippen molar-refractivity contribution in [3.05, 3.63) is 29.3 Å². The molecule has 1 atom stereocenters. The number of phosphoric acid groups is 1. The Balaban J connectivity index is 3.10. The van der Waals surface area contributed by atoms with Gasteiger partial charge < -0.3 is 24.6 Å². The Labute approximate surface area is 228 Å². The topological polar surface area (TPSA) is 122 Å². The van der Waals surface area contributed by atoms with E-state index in [2.05, 4.69) is 5.32 Å². The van der Waals surface area contributed by atoms with Crippen LogP contribution in [0.1, 0.15) is 100 Å². The SMILES string of the molecule is CC(C)(C)NCC(OC(=O)OC(C)(C)C)c1ccc(OCOP(=O)(OC(C)(C)C)OC(C)(C)C)c(CO)c1. The summed E-state index contributed by atoms with van der Waals surface area (Å²) >= 11 is 0. The average Bonchev–Trinajstić information content (AvgIpc) is 2.66. The van der Waals surface area contributed by atoms with E-state index in [0.717, 1.165) is 0 Å². The zero-order valence-electron chi connectivity index (χ0n) is 25.1. The molecule has 0 aliphatic rings. The number of hydrogen-bond donors (Lipinski definition) is 2. The molecule has 1 aromatic carbocycles. The predicted molar refractivity (Wildman–Crippen MR) is 146 cm³/mol. The number of carbonyl (C=O) groups is 1. The summed E-state index contributed by atoms with van der Waals surface area (Å²) < 4.78 is 46.5. The van der Waals surface area contributed by atoms with Gasteiger partial charge in [-0.1, -0.05) is 6.07 Å². The number of hydrogen-bond acceptors (Lipinski definition) is 10. The fraction of sp³-hybridized carbons (Fsp3) is 0.741. The molecule has 0 saturated carbocycles. The van der Waals surface area contributed by atoms with Crippen molar-refractivity contribution < 1.29 is 42.2 Å². The lowest BCUT2D eigenvalue weighted by Crippen LogP contribution is -2.39. The van der Waals surface area contributed by atoms with E-state index in [9.17, 15) is 14.5 Å². The molecule has 0 fully saturated rings. The highest BCUT2D eigenvalue weighted by atomic mass is 31.2. The van der Waals surface area contributed by atoms with Gasteiger partial charge in [-0.2, -0.15) is 0 Å². The number of benzene rings is 1. The number of aliphatic hydroxyl groups excluding tert-OH is 1. The van der Waals surface area contributed by atoms with Gasteiger partial charge in [0.2, 0.25) is 0 Å². The summed E-state index contributed by atoms with van der Waals surface area (Å²) in [4.78, 5) is 12.4. The van der Waals surface area contributed by atoms with E-state index < -0.39 is 43.7 Å². The fourth-order valence-corrected chi connectivity index (χ4v) is 4.64. The van der Waals surface area contributed by atoms with Crippen LogP contribution in [0.15, 0.2) is 18.2 Å². The van der Waals surface area contributed by atoms with E-state index in [1.165, 1.54) is 0 Å². The van der Waals surface area contributed by atoms with E-state index in [-0.39, 0.29) is 12.1 Å². The van der Waals surface area contributed by atoms with E-state index in [1.54, 1.807) is 80.5 Å². The zero-order valence-corrected chi connectivity index (χ0v) is 26.0. The Morgan fingerprint density at radius 1 is 0.921 bits per heavy atom. The summed E-state index contributed by atoms with van der Waals surface area (Å²) in [5, 5.41) is 13.3. The lowest BCUT2D eigenvalue weighted by molar-refractivity contribution is -0.0283. The van der Waals surface area contributed by atoms with Gasteiger partial charge in [-0.15, -0.1) is 0 Å². The highest BCUT2D eigenvalue weighted by molar-refractivity contribution is 7.48. The van der Waals surface area contributed by atoms with Crippen molar-refractivity contribution in [2.24, 2.45) is 0 Å². The van der Waals surface area contributed by atoms with Crippen LogP contribution in [0.4, 0.5) is 4.79 Å². The van der Waals surface area contributed by atoms with Crippen LogP contribution in [0.25, 0.3) is 0 Å². The molecular formula is C27H48NO9P. The zero-order chi connectivity index (χ0) is 29.6. The van der Waals surface area contributed by atoms with Crippen molar-refractivity contribution in [2.75, 3.05) is 13.3 Å². The van der Waals surface area contributed by atoms with Crippen LogP contribution in [0, 0.1) is 0 Å². The van der Waals surface area contributed by atoms with Gasteiger partial charge in [-0.05, 0) is 101 Å². The molecule has 0 amide bonds. The average molecular weight is 562 g/mol. The van der Waals surface area contributed by atoms with Gasteiger partial charge >= 0.3 is 14.0 Å². The quantitative estimate of drug-likeness (QED) is 0.172. The van der Waals surface area contributed by atoms with Crippen molar-refractivity contribution in [3.63, 3.8) is 0 Å². The number of nitrogens with one attached hydrogen (secondary N) is 1. The van der Waals surface area contributed by atoms with E-state index >= 15 is 0 Å². The Morgan fingerprint density at radius 3 is 1.92 bits per heavy atom. The molecule has 0 aliphatic heterocycles. The highest BCUT2D eigenvalue weighted by Gasteiger charge is 2.37. The molecule has 0 bridgehead atoms. The van der Waals surface area contributed by atoms with Crippen molar-refractivity contribution in [2.45, 2.75) is 118 Å².